The number of rotatable bonds is 2. The van der Waals surface area contributed by atoms with Crippen molar-refractivity contribution < 1.29 is 13.2 Å². The highest BCUT2D eigenvalue weighted by Gasteiger charge is 2.38. The van der Waals surface area contributed by atoms with Crippen LogP contribution in [0.1, 0.15) is 31.0 Å². The molecule has 0 radical (unpaired) electrons. The summed E-state index contributed by atoms with van der Waals surface area (Å²) in [5.74, 6) is 0.527. The van der Waals surface area contributed by atoms with E-state index in [2.05, 4.69) is 15.3 Å². The van der Waals surface area contributed by atoms with Crippen molar-refractivity contribution in [3.8, 4) is 0 Å². The Morgan fingerprint density at radius 3 is 2.56 bits per heavy atom. The smallest absolute Gasteiger partial charge is 0.353 e. The topological polar surface area (TPSA) is 63.1 Å². The second kappa shape index (κ2) is 8.73. The highest BCUT2D eigenvalue weighted by atomic mass is 35.5. The number of alkyl halides is 3. The average molecular weight is 510 g/mol. The number of halogens is 4. The van der Waals surface area contributed by atoms with E-state index >= 15 is 0 Å². The summed E-state index contributed by atoms with van der Waals surface area (Å²) >= 11 is 7.60. The van der Waals surface area contributed by atoms with Gasteiger partial charge >= 0.3 is 11.9 Å². The molecule has 3 aromatic rings. The summed E-state index contributed by atoms with van der Waals surface area (Å²) in [6.07, 6.45) is -2.98. The molecule has 0 saturated carbocycles. The van der Waals surface area contributed by atoms with E-state index in [-0.39, 0.29) is 40.3 Å². The fourth-order valence-electron chi connectivity index (χ4n) is 4.87. The van der Waals surface area contributed by atoms with E-state index in [0.717, 1.165) is 11.8 Å². The van der Waals surface area contributed by atoms with Crippen molar-refractivity contribution in [1.29, 1.82) is 0 Å². The molecular weight excluding hydrogens is 487 g/mol. The van der Waals surface area contributed by atoms with Gasteiger partial charge in [-0.1, -0.05) is 17.7 Å². The Bertz CT molecular complexity index is 1290. The Morgan fingerprint density at radius 1 is 1.18 bits per heavy atom. The van der Waals surface area contributed by atoms with Crippen LogP contribution in [0.2, 0.25) is 5.02 Å². The van der Waals surface area contributed by atoms with Gasteiger partial charge in [-0.15, -0.1) is 11.8 Å². The molecule has 180 valence electrons. The largest absolute Gasteiger partial charge is 0.417 e. The van der Waals surface area contributed by atoms with Gasteiger partial charge in [0.05, 0.1) is 21.0 Å². The number of piperazine rings is 1. The molecule has 2 aliphatic rings. The predicted octanol–water partition coefficient (Wildman–Crippen LogP) is 4.54. The molecule has 5 rings (SSSR count). The maximum atomic E-state index is 14.0. The number of nitrogens with zero attached hydrogens (tertiary/aromatic N) is 4. The summed E-state index contributed by atoms with van der Waals surface area (Å²) < 4.78 is 43.5. The van der Waals surface area contributed by atoms with Crippen LogP contribution in [0.4, 0.5) is 19.0 Å². The van der Waals surface area contributed by atoms with Gasteiger partial charge in [0, 0.05) is 60.7 Å². The molecule has 0 aliphatic carbocycles. The van der Waals surface area contributed by atoms with Crippen molar-refractivity contribution in [1.82, 2.24) is 19.9 Å². The highest BCUT2D eigenvalue weighted by molar-refractivity contribution is 7.99. The van der Waals surface area contributed by atoms with Crippen LogP contribution in [0, 0.1) is 0 Å². The van der Waals surface area contributed by atoms with Crippen LogP contribution in [-0.4, -0.2) is 45.5 Å². The summed E-state index contributed by atoms with van der Waals surface area (Å²) in [4.78, 5) is 24.2. The number of aromatic nitrogens is 3. The Balaban J connectivity index is 1.76. The van der Waals surface area contributed by atoms with E-state index in [1.54, 1.807) is 12.3 Å². The molecule has 1 aromatic carbocycles. The number of anilines is 1. The van der Waals surface area contributed by atoms with Crippen molar-refractivity contribution in [3.05, 3.63) is 57.2 Å². The van der Waals surface area contributed by atoms with E-state index in [4.69, 9.17) is 11.6 Å². The van der Waals surface area contributed by atoms with Crippen molar-refractivity contribution in [2.75, 3.05) is 23.7 Å². The third-order valence-corrected chi connectivity index (χ3v) is 8.00. The molecule has 1 N–H and O–H groups in total. The summed E-state index contributed by atoms with van der Waals surface area (Å²) in [6.45, 7) is 5.31. The Hall–Kier alpha value is -2.30. The van der Waals surface area contributed by atoms with Crippen molar-refractivity contribution in [2.45, 2.75) is 49.5 Å². The van der Waals surface area contributed by atoms with Gasteiger partial charge in [0.1, 0.15) is 5.82 Å². The zero-order valence-corrected chi connectivity index (χ0v) is 20.1. The van der Waals surface area contributed by atoms with E-state index in [1.807, 2.05) is 30.9 Å². The average Bonchev–Trinajstić information content (AvgIpc) is 2.98. The number of benzene rings is 1. The van der Waals surface area contributed by atoms with Crippen LogP contribution in [0.15, 0.2) is 40.2 Å². The van der Waals surface area contributed by atoms with E-state index < -0.39 is 17.4 Å². The minimum atomic E-state index is -4.64. The van der Waals surface area contributed by atoms with Gasteiger partial charge in [-0.05, 0) is 32.0 Å². The van der Waals surface area contributed by atoms with Crippen molar-refractivity contribution in [2.24, 2.45) is 0 Å². The van der Waals surface area contributed by atoms with Crippen molar-refractivity contribution in [3.63, 3.8) is 0 Å². The molecular formula is C23H23ClF3N5OS. The number of thioether (sulfide) groups is 1. The predicted molar refractivity (Wildman–Crippen MR) is 128 cm³/mol. The highest BCUT2D eigenvalue weighted by Crippen LogP contribution is 2.47. The third-order valence-electron chi connectivity index (χ3n) is 6.24. The second-order valence-corrected chi connectivity index (χ2v) is 10.3. The maximum Gasteiger partial charge on any atom is 0.417 e. The first-order valence-corrected chi connectivity index (χ1v) is 12.4. The molecule has 34 heavy (non-hydrogen) atoms. The van der Waals surface area contributed by atoms with Gasteiger partial charge in [-0.3, -0.25) is 9.55 Å². The molecule has 0 spiro atoms. The molecule has 2 aromatic heterocycles. The number of nitrogens with one attached hydrogen (secondary N) is 1. The fraction of sp³-hybridized carbons (Fsp3) is 0.435. The molecule has 0 bridgehead atoms. The van der Waals surface area contributed by atoms with E-state index in [9.17, 15) is 18.0 Å². The van der Waals surface area contributed by atoms with Gasteiger partial charge in [0.2, 0.25) is 0 Å². The van der Waals surface area contributed by atoms with Gasteiger partial charge in [0.15, 0.2) is 0 Å². The quantitative estimate of drug-likeness (QED) is 0.547. The van der Waals surface area contributed by atoms with Gasteiger partial charge in [-0.25, -0.2) is 4.79 Å². The van der Waals surface area contributed by atoms with Crippen LogP contribution in [0.5, 0.6) is 0 Å². The van der Waals surface area contributed by atoms with Crippen LogP contribution in [0.3, 0.4) is 0 Å². The van der Waals surface area contributed by atoms with E-state index in [1.165, 1.54) is 16.3 Å². The SMILES string of the molecule is C[C@@H]1CN(c2nc(=O)n3c4c(c(Cl)c(C(F)(F)F)cc24)SC[C@@H](c2ccccn2)C3)C[C@H](C)N1. The molecule has 4 heterocycles. The molecule has 3 atom stereocenters. The first-order valence-electron chi connectivity index (χ1n) is 11.0. The zero-order valence-electron chi connectivity index (χ0n) is 18.6. The van der Waals surface area contributed by atoms with Crippen LogP contribution in [0.25, 0.3) is 10.9 Å². The maximum absolute atomic E-state index is 14.0. The lowest BCUT2D eigenvalue weighted by molar-refractivity contribution is -0.137. The van der Waals surface area contributed by atoms with Gasteiger partial charge < -0.3 is 10.2 Å². The molecule has 1 fully saturated rings. The molecule has 0 amide bonds. The zero-order chi connectivity index (χ0) is 24.2. The van der Waals surface area contributed by atoms with Crippen molar-refractivity contribution >= 4 is 40.1 Å². The minimum absolute atomic E-state index is 0.0930. The lowest BCUT2D eigenvalue weighted by atomic mass is 10.1. The first-order chi connectivity index (χ1) is 16.1. The standard InChI is InChI=1S/C23H23ClF3N5OS/c1-12-8-31(9-13(2)29-12)21-15-7-16(23(25,26)27)18(24)20-19(15)32(22(33)30-21)10-14(11-34-20)17-5-3-4-6-28-17/h3-7,12-14,29H,8-11H2,1-2H3/t12-,13+,14-/m0/s1. The Morgan fingerprint density at radius 2 is 1.91 bits per heavy atom. The normalized spacial score (nSPS) is 23.2. The number of hydrogen-bond donors (Lipinski definition) is 1. The molecule has 6 nitrogen and oxygen atoms in total. The molecule has 0 unspecified atom stereocenters. The number of hydrogen-bond acceptors (Lipinski definition) is 6. The van der Waals surface area contributed by atoms with Crippen LogP contribution < -0.4 is 15.9 Å². The first kappa shape index (κ1) is 23.4. The summed E-state index contributed by atoms with van der Waals surface area (Å²) in [5, 5.41) is 3.32. The summed E-state index contributed by atoms with van der Waals surface area (Å²) in [7, 11) is 0. The molecule has 11 heteroatoms. The van der Waals surface area contributed by atoms with Crippen LogP contribution in [-0.2, 0) is 12.7 Å². The van der Waals surface area contributed by atoms with Crippen LogP contribution >= 0.6 is 23.4 Å². The Labute approximate surface area is 203 Å². The second-order valence-electron chi connectivity index (χ2n) is 8.93. The third kappa shape index (κ3) is 4.16. The van der Waals surface area contributed by atoms with Gasteiger partial charge in [0.25, 0.3) is 0 Å². The Kier molecular flexibility index (Phi) is 6.02. The lowest BCUT2D eigenvalue weighted by Gasteiger charge is -2.37. The minimum Gasteiger partial charge on any atom is -0.353 e. The fourth-order valence-corrected chi connectivity index (χ4v) is 6.52. The molecule has 2 aliphatic heterocycles. The lowest BCUT2D eigenvalue weighted by Crippen LogP contribution is -2.55. The summed E-state index contributed by atoms with van der Waals surface area (Å²) in [6, 6.07) is 6.75. The van der Waals surface area contributed by atoms with Gasteiger partial charge in [-0.2, -0.15) is 18.2 Å². The summed E-state index contributed by atoms with van der Waals surface area (Å²) in [5.41, 5.74) is -0.231. The van der Waals surface area contributed by atoms with E-state index in [0.29, 0.717) is 29.7 Å². The number of pyridine rings is 1. The monoisotopic (exact) mass is 509 g/mol. The molecule has 1 saturated heterocycles.